The molecular formula is C24H35F2N5O2. The van der Waals surface area contributed by atoms with Gasteiger partial charge in [-0.05, 0) is 38.2 Å². The Hall–Kier alpha value is -2.58. The number of alkyl halides is 2. The molecule has 182 valence electrons. The summed E-state index contributed by atoms with van der Waals surface area (Å²) in [5.41, 5.74) is 0.532. The summed E-state index contributed by atoms with van der Waals surface area (Å²) < 4.78 is 27.1. The molecule has 0 bridgehead atoms. The number of amides is 2. The van der Waals surface area contributed by atoms with E-state index in [2.05, 4.69) is 9.97 Å². The fraction of sp³-hybridized carbons (Fsp3) is 0.667. The number of aromatic amines is 1. The molecule has 1 saturated heterocycles. The maximum absolute atomic E-state index is 13.5. The molecule has 2 amide bonds. The summed E-state index contributed by atoms with van der Waals surface area (Å²) in [5, 5.41) is 8.54. The zero-order chi connectivity index (χ0) is 24.6. The monoisotopic (exact) mass is 463 g/mol. The summed E-state index contributed by atoms with van der Waals surface area (Å²) in [5.74, 6) is -2.52. The first kappa shape index (κ1) is 25.1. The Labute approximate surface area is 194 Å². The van der Waals surface area contributed by atoms with E-state index in [1.165, 1.54) is 6.20 Å². The molecule has 2 N–H and O–H groups in total. The van der Waals surface area contributed by atoms with Gasteiger partial charge in [0.15, 0.2) is 0 Å². The van der Waals surface area contributed by atoms with Crippen molar-refractivity contribution >= 4 is 23.6 Å². The van der Waals surface area contributed by atoms with Crippen LogP contribution in [0.4, 0.5) is 8.78 Å². The molecule has 33 heavy (non-hydrogen) atoms. The van der Waals surface area contributed by atoms with Crippen LogP contribution in [0.1, 0.15) is 76.6 Å². The molecule has 2 aliphatic rings. The molecule has 1 saturated carbocycles. The molecule has 0 spiro atoms. The number of rotatable bonds is 5. The van der Waals surface area contributed by atoms with Crippen LogP contribution in [0.15, 0.2) is 12.3 Å². The minimum absolute atomic E-state index is 0.189. The lowest BCUT2D eigenvalue weighted by Crippen LogP contribution is -2.60. The van der Waals surface area contributed by atoms with Crippen LogP contribution in [-0.2, 0) is 4.79 Å². The quantitative estimate of drug-likeness (QED) is 0.501. The Morgan fingerprint density at radius 2 is 1.88 bits per heavy atom. The highest BCUT2D eigenvalue weighted by Crippen LogP contribution is 2.38. The van der Waals surface area contributed by atoms with Gasteiger partial charge in [0.2, 0.25) is 12.3 Å². The van der Waals surface area contributed by atoms with Crippen molar-refractivity contribution in [2.24, 2.45) is 11.3 Å². The van der Waals surface area contributed by atoms with Crippen LogP contribution >= 0.6 is 0 Å². The van der Waals surface area contributed by atoms with Crippen molar-refractivity contribution in [3.8, 4) is 0 Å². The van der Waals surface area contributed by atoms with Crippen LogP contribution in [0.25, 0.3) is 5.57 Å². The van der Waals surface area contributed by atoms with Gasteiger partial charge in [-0.1, -0.05) is 20.8 Å². The first-order valence-corrected chi connectivity index (χ1v) is 11.5. The van der Waals surface area contributed by atoms with Gasteiger partial charge in [0.25, 0.3) is 5.91 Å². The van der Waals surface area contributed by atoms with Crippen LogP contribution in [0, 0.1) is 16.7 Å². The van der Waals surface area contributed by atoms with Gasteiger partial charge >= 0.3 is 0 Å². The van der Waals surface area contributed by atoms with Crippen LogP contribution in [0.5, 0.6) is 0 Å². The zero-order valence-electron chi connectivity index (χ0n) is 20.2. The van der Waals surface area contributed by atoms with Crippen molar-refractivity contribution in [2.45, 2.75) is 71.8 Å². The fourth-order valence-corrected chi connectivity index (χ4v) is 4.64. The SMILES string of the molecule is CC(C)(C)/C(=C/C(=N)C1CCC(F)(F)CC1)c1ncc(C(=O)N2CCN(C=O)CC2(C)C)[nH]1. The van der Waals surface area contributed by atoms with Gasteiger partial charge in [0.1, 0.15) is 11.5 Å². The Morgan fingerprint density at radius 3 is 2.42 bits per heavy atom. The van der Waals surface area contributed by atoms with Crippen molar-refractivity contribution in [1.82, 2.24) is 19.8 Å². The van der Waals surface area contributed by atoms with Crippen LogP contribution < -0.4 is 0 Å². The highest BCUT2D eigenvalue weighted by Gasteiger charge is 2.38. The molecule has 7 nitrogen and oxygen atoms in total. The molecule has 1 aromatic rings. The first-order chi connectivity index (χ1) is 15.2. The number of hydrogen-bond acceptors (Lipinski definition) is 4. The molecule has 1 aromatic heterocycles. The Balaban J connectivity index is 1.82. The van der Waals surface area contributed by atoms with Gasteiger partial charge in [-0.3, -0.25) is 9.59 Å². The van der Waals surface area contributed by atoms with Gasteiger partial charge in [-0.25, -0.2) is 13.8 Å². The van der Waals surface area contributed by atoms with Crippen LogP contribution in [-0.4, -0.2) is 68.9 Å². The minimum atomic E-state index is -2.63. The number of H-pyrrole nitrogens is 1. The largest absolute Gasteiger partial charge is 0.341 e. The molecule has 0 atom stereocenters. The van der Waals surface area contributed by atoms with Crippen molar-refractivity contribution in [3.05, 3.63) is 23.8 Å². The molecule has 1 aliphatic carbocycles. The summed E-state index contributed by atoms with van der Waals surface area (Å²) in [4.78, 5) is 35.4. The minimum Gasteiger partial charge on any atom is -0.341 e. The first-order valence-electron chi connectivity index (χ1n) is 11.5. The summed E-state index contributed by atoms with van der Waals surface area (Å²) in [6, 6.07) is 0. The molecule has 0 radical (unpaired) electrons. The number of aromatic nitrogens is 2. The lowest BCUT2D eigenvalue weighted by atomic mass is 9.80. The maximum atomic E-state index is 13.5. The number of imidazole rings is 1. The lowest BCUT2D eigenvalue weighted by Gasteiger charge is -2.45. The Kier molecular flexibility index (Phi) is 6.82. The zero-order valence-corrected chi connectivity index (χ0v) is 20.2. The standard InChI is InChI=1S/C24H35F2N5O2/c1-22(2,3)17(12-18(27)16-6-8-24(25,26)9-7-16)20-28-13-19(29-20)21(33)31-11-10-30(15-32)14-23(31,4)5/h12-13,15-16,27H,6-11,14H2,1-5H3,(H,28,29)/b17-12+,27-18?. The van der Waals surface area contributed by atoms with E-state index in [1.54, 1.807) is 15.9 Å². The number of hydrogen-bond donors (Lipinski definition) is 2. The predicted molar refractivity (Wildman–Crippen MR) is 123 cm³/mol. The van der Waals surface area contributed by atoms with E-state index in [9.17, 15) is 18.4 Å². The number of halogens is 2. The number of nitrogens with one attached hydrogen (secondary N) is 2. The van der Waals surface area contributed by atoms with Gasteiger partial charge in [-0.15, -0.1) is 0 Å². The van der Waals surface area contributed by atoms with Crippen molar-refractivity contribution in [3.63, 3.8) is 0 Å². The van der Waals surface area contributed by atoms with E-state index in [0.717, 1.165) is 12.0 Å². The number of nitrogens with zero attached hydrogens (tertiary/aromatic N) is 3. The fourth-order valence-electron chi connectivity index (χ4n) is 4.64. The summed E-state index contributed by atoms with van der Waals surface area (Å²) in [6.45, 7) is 11.2. The second-order valence-electron chi connectivity index (χ2n) is 10.9. The summed E-state index contributed by atoms with van der Waals surface area (Å²) >= 11 is 0. The summed E-state index contributed by atoms with van der Waals surface area (Å²) in [7, 11) is 0. The lowest BCUT2D eigenvalue weighted by molar-refractivity contribution is -0.122. The number of carbonyl (C=O) groups excluding carboxylic acids is 2. The molecule has 0 unspecified atom stereocenters. The van der Waals surface area contributed by atoms with Gasteiger partial charge in [0.05, 0.1) is 11.7 Å². The summed E-state index contributed by atoms with van der Waals surface area (Å²) in [6.07, 6.45) is 4.25. The third kappa shape index (κ3) is 5.68. The van der Waals surface area contributed by atoms with Crippen molar-refractivity contribution in [1.29, 1.82) is 5.41 Å². The smallest absolute Gasteiger partial charge is 0.272 e. The molecule has 0 aromatic carbocycles. The average molecular weight is 464 g/mol. The molecule has 2 heterocycles. The van der Waals surface area contributed by atoms with Gasteiger partial charge in [0, 0.05) is 49.7 Å². The van der Waals surface area contributed by atoms with E-state index in [-0.39, 0.29) is 30.1 Å². The molecule has 3 rings (SSSR count). The Morgan fingerprint density at radius 1 is 1.24 bits per heavy atom. The van der Waals surface area contributed by atoms with E-state index < -0.39 is 11.5 Å². The normalized spacial score (nSPS) is 21.7. The third-order valence-corrected chi connectivity index (χ3v) is 6.65. The van der Waals surface area contributed by atoms with Crippen LogP contribution in [0.2, 0.25) is 0 Å². The van der Waals surface area contributed by atoms with E-state index >= 15 is 0 Å². The molecule has 1 aliphatic heterocycles. The third-order valence-electron chi connectivity index (χ3n) is 6.65. The predicted octanol–water partition coefficient (Wildman–Crippen LogP) is 4.38. The second kappa shape index (κ2) is 8.99. The second-order valence-corrected chi connectivity index (χ2v) is 10.9. The van der Waals surface area contributed by atoms with Gasteiger partial charge < -0.3 is 20.2 Å². The number of piperazine rings is 1. The highest BCUT2D eigenvalue weighted by molar-refractivity contribution is 6.01. The van der Waals surface area contributed by atoms with E-state index in [0.29, 0.717) is 49.7 Å². The topological polar surface area (TPSA) is 93.2 Å². The molecular weight excluding hydrogens is 428 g/mol. The average Bonchev–Trinajstić information content (AvgIpc) is 3.19. The highest BCUT2D eigenvalue weighted by atomic mass is 19.3. The molecule has 2 fully saturated rings. The van der Waals surface area contributed by atoms with Crippen molar-refractivity contribution < 1.29 is 18.4 Å². The Bertz CT molecular complexity index is 935. The number of allylic oxidation sites excluding steroid dienone is 2. The number of carbonyl (C=O) groups is 2. The molecule has 9 heteroatoms. The van der Waals surface area contributed by atoms with Gasteiger partial charge in [-0.2, -0.15) is 0 Å². The maximum Gasteiger partial charge on any atom is 0.272 e. The van der Waals surface area contributed by atoms with Crippen molar-refractivity contribution in [2.75, 3.05) is 19.6 Å². The van der Waals surface area contributed by atoms with E-state index in [1.807, 2.05) is 34.6 Å². The van der Waals surface area contributed by atoms with Crippen LogP contribution in [0.3, 0.4) is 0 Å². The van der Waals surface area contributed by atoms with E-state index in [4.69, 9.17) is 5.41 Å².